The number of aryl methyl sites for hydroxylation is 1. The molecule has 0 aliphatic rings. The Bertz CT molecular complexity index is 1020. The Morgan fingerprint density at radius 2 is 1.71 bits per heavy atom. The highest BCUT2D eigenvalue weighted by molar-refractivity contribution is 8.13. The van der Waals surface area contributed by atoms with Gasteiger partial charge in [0, 0.05) is 28.0 Å². The van der Waals surface area contributed by atoms with E-state index in [1.807, 2.05) is 29.7 Å². The van der Waals surface area contributed by atoms with Crippen molar-refractivity contribution in [2.75, 3.05) is 0 Å². The molecule has 4 nitrogen and oxygen atoms in total. The molecule has 0 fully saturated rings. The predicted molar refractivity (Wildman–Crippen MR) is 84.4 cm³/mol. The lowest BCUT2D eigenvalue weighted by Gasteiger charge is -2.13. The molecule has 0 spiro atoms. The van der Waals surface area contributed by atoms with Crippen LogP contribution in [0.1, 0.15) is 6.92 Å². The lowest BCUT2D eigenvalue weighted by atomic mass is 10.1. The van der Waals surface area contributed by atoms with E-state index in [-0.39, 0.29) is 10.3 Å². The second kappa shape index (κ2) is 4.86. The monoisotopic (exact) mass is 321 g/mol. The molecule has 1 heterocycles. The maximum atomic E-state index is 12.5. The van der Waals surface area contributed by atoms with Gasteiger partial charge in [0.2, 0.25) is 0 Å². The number of para-hydroxylation sites is 1. The summed E-state index contributed by atoms with van der Waals surface area (Å²) in [6.07, 6.45) is 0. The first-order valence-electron chi connectivity index (χ1n) is 6.43. The first-order valence-corrected chi connectivity index (χ1v) is 8.74. The molecule has 3 rings (SSSR count). The fourth-order valence-corrected chi connectivity index (χ4v) is 3.37. The van der Waals surface area contributed by atoms with E-state index in [1.54, 1.807) is 6.07 Å². The van der Waals surface area contributed by atoms with Crippen molar-refractivity contribution in [3.63, 3.8) is 0 Å². The van der Waals surface area contributed by atoms with Gasteiger partial charge in [-0.3, -0.25) is 4.79 Å². The summed E-state index contributed by atoms with van der Waals surface area (Å²) in [7, 11) is 1.57. The number of halogens is 1. The van der Waals surface area contributed by atoms with Crippen molar-refractivity contribution in [2.45, 2.75) is 18.4 Å². The van der Waals surface area contributed by atoms with Crippen LogP contribution in [0.25, 0.3) is 21.8 Å². The Morgan fingerprint density at radius 1 is 1.05 bits per heavy atom. The van der Waals surface area contributed by atoms with Gasteiger partial charge in [0.05, 0.1) is 15.9 Å². The van der Waals surface area contributed by atoms with Crippen LogP contribution in [0.5, 0.6) is 0 Å². The molecule has 0 amide bonds. The van der Waals surface area contributed by atoms with Crippen LogP contribution < -0.4 is 5.43 Å². The van der Waals surface area contributed by atoms with Crippen LogP contribution in [0.2, 0.25) is 0 Å². The van der Waals surface area contributed by atoms with Crippen molar-refractivity contribution in [1.82, 2.24) is 4.57 Å². The zero-order valence-corrected chi connectivity index (χ0v) is 12.8. The SMILES string of the molecule is CCn1c2ccccc2c(=O)c2ccc(S(=O)(=O)Cl)cc21. The molecule has 1 aromatic heterocycles. The standard InChI is InChI=1S/C15H12ClNO3S/c1-2-17-13-6-4-3-5-11(13)15(18)12-8-7-10(9-14(12)17)21(16,19)20/h3-9H,2H2,1H3. The number of nitrogens with zero attached hydrogens (tertiary/aromatic N) is 1. The van der Waals surface area contributed by atoms with E-state index in [4.69, 9.17) is 10.7 Å². The van der Waals surface area contributed by atoms with E-state index in [1.165, 1.54) is 18.2 Å². The minimum absolute atomic E-state index is 0.00597. The molecule has 0 bridgehead atoms. The third-order valence-electron chi connectivity index (χ3n) is 3.54. The summed E-state index contributed by atoms with van der Waals surface area (Å²) in [6, 6.07) is 11.6. The minimum Gasteiger partial charge on any atom is -0.341 e. The van der Waals surface area contributed by atoms with Gasteiger partial charge in [-0.15, -0.1) is 0 Å². The highest BCUT2D eigenvalue weighted by Crippen LogP contribution is 2.23. The van der Waals surface area contributed by atoms with E-state index < -0.39 is 9.05 Å². The molecule has 0 aliphatic carbocycles. The molecule has 0 N–H and O–H groups in total. The van der Waals surface area contributed by atoms with E-state index in [0.717, 1.165) is 5.52 Å². The number of hydrogen-bond donors (Lipinski definition) is 0. The maximum absolute atomic E-state index is 12.5. The summed E-state index contributed by atoms with van der Waals surface area (Å²) in [4.78, 5) is 12.5. The quantitative estimate of drug-likeness (QED) is 0.538. The van der Waals surface area contributed by atoms with E-state index in [0.29, 0.717) is 22.8 Å². The van der Waals surface area contributed by atoms with Crippen molar-refractivity contribution in [1.29, 1.82) is 0 Å². The van der Waals surface area contributed by atoms with Crippen LogP contribution in [0.3, 0.4) is 0 Å². The molecule has 0 saturated carbocycles. The molecule has 21 heavy (non-hydrogen) atoms. The van der Waals surface area contributed by atoms with Crippen LogP contribution >= 0.6 is 10.7 Å². The molecule has 6 heteroatoms. The fourth-order valence-electron chi connectivity index (χ4n) is 2.60. The molecule has 0 radical (unpaired) electrons. The minimum atomic E-state index is -3.83. The van der Waals surface area contributed by atoms with Crippen molar-refractivity contribution in [3.8, 4) is 0 Å². The van der Waals surface area contributed by atoms with Crippen LogP contribution in [0.15, 0.2) is 52.2 Å². The van der Waals surface area contributed by atoms with Gasteiger partial charge in [-0.05, 0) is 37.3 Å². The second-order valence-electron chi connectivity index (χ2n) is 4.71. The lowest BCUT2D eigenvalue weighted by molar-refractivity contribution is 0.609. The molecule has 2 aromatic carbocycles. The fraction of sp³-hybridized carbons (Fsp3) is 0.133. The van der Waals surface area contributed by atoms with Gasteiger partial charge in [-0.25, -0.2) is 8.42 Å². The lowest BCUT2D eigenvalue weighted by Crippen LogP contribution is -2.11. The maximum Gasteiger partial charge on any atom is 0.261 e. The molecular weight excluding hydrogens is 310 g/mol. The Hall–Kier alpha value is -1.85. The average molecular weight is 322 g/mol. The highest BCUT2D eigenvalue weighted by atomic mass is 35.7. The molecule has 0 atom stereocenters. The van der Waals surface area contributed by atoms with Crippen molar-refractivity contribution in [3.05, 3.63) is 52.7 Å². The van der Waals surface area contributed by atoms with Crippen molar-refractivity contribution < 1.29 is 8.42 Å². The van der Waals surface area contributed by atoms with E-state index in [2.05, 4.69) is 0 Å². The third-order valence-corrected chi connectivity index (χ3v) is 4.89. The Balaban J connectivity index is 2.58. The normalized spacial score (nSPS) is 12.1. The number of rotatable bonds is 2. The molecule has 0 unspecified atom stereocenters. The zero-order chi connectivity index (χ0) is 15.2. The molecule has 0 aliphatic heterocycles. The van der Waals surface area contributed by atoms with Gasteiger partial charge < -0.3 is 4.57 Å². The molecular formula is C15H12ClNO3S. The summed E-state index contributed by atoms with van der Waals surface area (Å²) in [6.45, 7) is 2.56. The first kappa shape index (κ1) is 14.1. The van der Waals surface area contributed by atoms with Gasteiger partial charge >= 0.3 is 0 Å². The summed E-state index contributed by atoms with van der Waals surface area (Å²) in [5.74, 6) is 0. The van der Waals surface area contributed by atoms with Gasteiger partial charge in [-0.1, -0.05) is 12.1 Å². The number of fused-ring (bicyclic) bond motifs is 2. The molecule has 108 valence electrons. The smallest absolute Gasteiger partial charge is 0.261 e. The Kier molecular flexibility index (Phi) is 3.26. The highest BCUT2D eigenvalue weighted by Gasteiger charge is 2.15. The first-order chi connectivity index (χ1) is 9.93. The Morgan fingerprint density at radius 3 is 2.38 bits per heavy atom. The largest absolute Gasteiger partial charge is 0.341 e. The van der Waals surface area contributed by atoms with Gasteiger partial charge in [0.1, 0.15) is 0 Å². The average Bonchev–Trinajstić information content (AvgIpc) is 2.46. The Labute approximate surface area is 126 Å². The van der Waals surface area contributed by atoms with Crippen LogP contribution in [0, 0.1) is 0 Å². The molecule has 3 aromatic rings. The van der Waals surface area contributed by atoms with Crippen molar-refractivity contribution >= 4 is 41.5 Å². The summed E-state index contributed by atoms with van der Waals surface area (Å²) < 4.78 is 24.9. The summed E-state index contributed by atoms with van der Waals surface area (Å²) in [5, 5.41) is 1.10. The zero-order valence-electron chi connectivity index (χ0n) is 11.2. The van der Waals surface area contributed by atoms with Crippen LogP contribution in [-0.4, -0.2) is 13.0 Å². The van der Waals surface area contributed by atoms with Crippen LogP contribution in [0.4, 0.5) is 0 Å². The molecule has 0 saturated heterocycles. The van der Waals surface area contributed by atoms with E-state index >= 15 is 0 Å². The third kappa shape index (κ3) is 2.22. The number of pyridine rings is 1. The van der Waals surface area contributed by atoms with Gasteiger partial charge in [0.15, 0.2) is 5.43 Å². The van der Waals surface area contributed by atoms with Crippen LogP contribution in [-0.2, 0) is 15.6 Å². The predicted octanol–water partition coefficient (Wildman–Crippen LogP) is 3.10. The van der Waals surface area contributed by atoms with Gasteiger partial charge in [-0.2, -0.15) is 0 Å². The second-order valence-corrected chi connectivity index (χ2v) is 7.27. The van der Waals surface area contributed by atoms with E-state index in [9.17, 15) is 13.2 Å². The topological polar surface area (TPSA) is 56.1 Å². The number of hydrogen-bond acceptors (Lipinski definition) is 3. The van der Waals surface area contributed by atoms with Gasteiger partial charge in [0.25, 0.3) is 9.05 Å². The van der Waals surface area contributed by atoms with Crippen molar-refractivity contribution in [2.24, 2.45) is 0 Å². The summed E-state index contributed by atoms with van der Waals surface area (Å²) in [5.41, 5.74) is 1.24. The number of benzene rings is 2. The summed E-state index contributed by atoms with van der Waals surface area (Å²) >= 11 is 0. The number of aromatic nitrogens is 1.